The molecule has 0 spiro atoms. The van der Waals surface area contributed by atoms with Crippen molar-refractivity contribution < 1.29 is 28.4 Å². The van der Waals surface area contributed by atoms with E-state index in [4.69, 9.17) is 45.6 Å². The Morgan fingerprint density at radius 2 is 1.09 bits per heavy atom. The molecule has 0 amide bonds. The SMILES string of the molecule is C/C(N)=N/N=C(\N)c1ccc(OCCOCCOCCOCCOCCOCCN)cc1. The van der Waals surface area contributed by atoms with Crippen LogP contribution in [0.2, 0.25) is 0 Å². The summed E-state index contributed by atoms with van der Waals surface area (Å²) >= 11 is 0. The standard InChI is InChI=1S/C21H37N5O6/c1-18(23)25-26-21(24)19-2-4-20(5-3-19)32-17-16-31-15-14-30-13-12-29-11-10-28-9-8-27-7-6-22/h2-5H,6-17,22H2,1H3,(H2,23,25)(H2,24,26). The first-order valence-electron chi connectivity index (χ1n) is 10.6. The van der Waals surface area contributed by atoms with Gasteiger partial charge in [0.15, 0.2) is 5.84 Å². The Morgan fingerprint density at radius 1 is 0.656 bits per heavy atom. The van der Waals surface area contributed by atoms with Crippen molar-refractivity contribution in [2.75, 3.05) is 79.2 Å². The zero-order valence-electron chi connectivity index (χ0n) is 18.9. The molecule has 1 aromatic rings. The highest BCUT2D eigenvalue weighted by atomic mass is 16.6. The fourth-order valence-electron chi connectivity index (χ4n) is 2.20. The van der Waals surface area contributed by atoms with E-state index < -0.39 is 0 Å². The highest BCUT2D eigenvalue weighted by Gasteiger charge is 2.00. The van der Waals surface area contributed by atoms with Crippen molar-refractivity contribution >= 4 is 11.7 Å². The van der Waals surface area contributed by atoms with Gasteiger partial charge < -0.3 is 45.6 Å². The van der Waals surface area contributed by atoms with E-state index in [0.29, 0.717) is 90.8 Å². The Kier molecular flexibility index (Phi) is 16.8. The Bertz CT molecular complexity index is 638. The summed E-state index contributed by atoms with van der Waals surface area (Å²) in [6, 6.07) is 7.22. The van der Waals surface area contributed by atoms with Gasteiger partial charge in [-0.3, -0.25) is 0 Å². The van der Waals surface area contributed by atoms with E-state index in [1.807, 2.05) is 0 Å². The van der Waals surface area contributed by atoms with Gasteiger partial charge in [-0.05, 0) is 31.2 Å². The van der Waals surface area contributed by atoms with Crippen molar-refractivity contribution in [1.29, 1.82) is 0 Å². The Morgan fingerprint density at radius 3 is 1.53 bits per heavy atom. The van der Waals surface area contributed by atoms with Gasteiger partial charge >= 0.3 is 0 Å². The monoisotopic (exact) mass is 455 g/mol. The van der Waals surface area contributed by atoms with Gasteiger partial charge in [-0.2, -0.15) is 0 Å². The van der Waals surface area contributed by atoms with Crippen LogP contribution in [0.5, 0.6) is 5.75 Å². The second kappa shape index (κ2) is 19.4. The molecule has 0 radical (unpaired) electrons. The molecule has 0 atom stereocenters. The largest absolute Gasteiger partial charge is 0.491 e. The van der Waals surface area contributed by atoms with Gasteiger partial charge in [0.1, 0.15) is 18.2 Å². The van der Waals surface area contributed by atoms with Crippen molar-refractivity contribution in [3.05, 3.63) is 29.8 Å². The summed E-state index contributed by atoms with van der Waals surface area (Å²) in [5.74, 6) is 1.34. The first kappa shape index (κ1) is 27.8. The first-order chi connectivity index (χ1) is 15.6. The summed E-state index contributed by atoms with van der Waals surface area (Å²) in [7, 11) is 0. The van der Waals surface area contributed by atoms with E-state index in [2.05, 4.69) is 10.2 Å². The second-order valence-corrected chi connectivity index (χ2v) is 6.45. The van der Waals surface area contributed by atoms with E-state index in [1.165, 1.54) is 0 Å². The van der Waals surface area contributed by atoms with Crippen LogP contribution in [0.15, 0.2) is 34.5 Å². The van der Waals surface area contributed by atoms with Crippen LogP contribution in [0.4, 0.5) is 0 Å². The number of amidine groups is 2. The van der Waals surface area contributed by atoms with Gasteiger partial charge in [0.25, 0.3) is 0 Å². The molecule has 11 nitrogen and oxygen atoms in total. The van der Waals surface area contributed by atoms with Gasteiger partial charge in [0, 0.05) is 12.1 Å². The Balaban J connectivity index is 1.92. The second-order valence-electron chi connectivity index (χ2n) is 6.45. The highest BCUT2D eigenvalue weighted by Crippen LogP contribution is 2.12. The van der Waals surface area contributed by atoms with E-state index in [-0.39, 0.29) is 5.84 Å². The van der Waals surface area contributed by atoms with Gasteiger partial charge in [-0.15, -0.1) is 10.2 Å². The van der Waals surface area contributed by atoms with E-state index in [0.717, 1.165) is 5.56 Å². The maximum Gasteiger partial charge on any atom is 0.153 e. The lowest BCUT2D eigenvalue weighted by atomic mass is 10.2. The molecule has 6 N–H and O–H groups in total. The number of hydrogen-bond donors (Lipinski definition) is 3. The lowest BCUT2D eigenvalue weighted by Crippen LogP contribution is -2.15. The summed E-state index contributed by atoms with van der Waals surface area (Å²) in [6.45, 7) is 7.76. The van der Waals surface area contributed by atoms with Gasteiger partial charge in [-0.1, -0.05) is 0 Å². The quantitative estimate of drug-likeness (QED) is 0.107. The van der Waals surface area contributed by atoms with Gasteiger partial charge in [0.05, 0.1) is 66.1 Å². The van der Waals surface area contributed by atoms with Crippen LogP contribution >= 0.6 is 0 Å². The minimum absolute atomic E-state index is 0.285. The predicted molar refractivity (Wildman–Crippen MR) is 123 cm³/mol. The molecule has 0 saturated carbocycles. The normalized spacial score (nSPS) is 12.3. The number of nitrogens with zero attached hydrogens (tertiary/aromatic N) is 2. The maximum atomic E-state index is 5.83. The molecule has 32 heavy (non-hydrogen) atoms. The van der Waals surface area contributed by atoms with Crippen LogP contribution in [0.1, 0.15) is 12.5 Å². The summed E-state index contributed by atoms with van der Waals surface area (Å²) in [5.41, 5.74) is 17.3. The smallest absolute Gasteiger partial charge is 0.153 e. The summed E-state index contributed by atoms with van der Waals surface area (Å²) in [4.78, 5) is 0. The van der Waals surface area contributed by atoms with E-state index in [9.17, 15) is 0 Å². The number of hydrogen-bond acceptors (Lipinski definition) is 9. The molecule has 1 aromatic carbocycles. The fourth-order valence-corrected chi connectivity index (χ4v) is 2.20. The first-order valence-corrected chi connectivity index (χ1v) is 10.6. The molecule has 1 rings (SSSR count). The van der Waals surface area contributed by atoms with Crippen molar-refractivity contribution in [2.24, 2.45) is 27.4 Å². The summed E-state index contributed by atoms with van der Waals surface area (Å²) < 4.78 is 32.5. The molecule has 182 valence electrons. The van der Waals surface area contributed by atoms with E-state index in [1.54, 1.807) is 31.2 Å². The van der Waals surface area contributed by atoms with Crippen molar-refractivity contribution in [3.63, 3.8) is 0 Å². The molecule has 0 fully saturated rings. The predicted octanol–water partition coefficient (Wildman–Crippen LogP) is 0.105. The summed E-state index contributed by atoms with van der Waals surface area (Å²) in [6.07, 6.45) is 0. The average molecular weight is 456 g/mol. The number of nitrogens with two attached hydrogens (primary N) is 3. The number of ether oxygens (including phenoxy) is 6. The fraction of sp³-hybridized carbons (Fsp3) is 0.619. The molecule has 0 saturated heterocycles. The molecule has 0 bridgehead atoms. The minimum Gasteiger partial charge on any atom is -0.491 e. The molecule has 0 aliphatic heterocycles. The average Bonchev–Trinajstić information content (AvgIpc) is 2.80. The third kappa shape index (κ3) is 15.5. The lowest BCUT2D eigenvalue weighted by Gasteiger charge is -2.09. The Hall–Kier alpha value is -2.28. The summed E-state index contributed by atoms with van der Waals surface area (Å²) in [5, 5.41) is 7.57. The molecular weight excluding hydrogens is 418 g/mol. The number of benzene rings is 1. The minimum atomic E-state index is 0.285. The Labute approximate surface area is 189 Å². The molecule has 0 heterocycles. The van der Waals surface area contributed by atoms with Crippen LogP contribution in [0.3, 0.4) is 0 Å². The zero-order valence-corrected chi connectivity index (χ0v) is 18.9. The topological polar surface area (TPSA) is 158 Å². The maximum absolute atomic E-state index is 5.83. The third-order valence-electron chi connectivity index (χ3n) is 3.71. The molecule has 11 heteroatoms. The lowest BCUT2D eigenvalue weighted by molar-refractivity contribution is -0.0122. The zero-order chi connectivity index (χ0) is 23.3. The highest BCUT2D eigenvalue weighted by molar-refractivity contribution is 5.97. The van der Waals surface area contributed by atoms with Crippen molar-refractivity contribution in [3.8, 4) is 5.75 Å². The van der Waals surface area contributed by atoms with Crippen LogP contribution in [0, 0.1) is 0 Å². The molecule has 0 aromatic heterocycles. The molecule has 0 aliphatic carbocycles. The van der Waals surface area contributed by atoms with Crippen molar-refractivity contribution in [1.82, 2.24) is 0 Å². The van der Waals surface area contributed by atoms with Crippen LogP contribution in [-0.2, 0) is 23.7 Å². The van der Waals surface area contributed by atoms with Crippen LogP contribution in [-0.4, -0.2) is 90.9 Å². The van der Waals surface area contributed by atoms with Crippen LogP contribution < -0.4 is 21.9 Å². The van der Waals surface area contributed by atoms with Gasteiger partial charge in [0.2, 0.25) is 0 Å². The molecule has 0 aliphatic rings. The molecule has 0 unspecified atom stereocenters. The molecular formula is C21H37N5O6. The van der Waals surface area contributed by atoms with Crippen LogP contribution in [0.25, 0.3) is 0 Å². The third-order valence-corrected chi connectivity index (χ3v) is 3.71. The van der Waals surface area contributed by atoms with E-state index >= 15 is 0 Å². The number of rotatable bonds is 20. The van der Waals surface area contributed by atoms with Crippen molar-refractivity contribution in [2.45, 2.75) is 6.92 Å². The van der Waals surface area contributed by atoms with Gasteiger partial charge in [-0.25, -0.2) is 0 Å².